The summed E-state index contributed by atoms with van der Waals surface area (Å²) in [4.78, 5) is 11.5. The van der Waals surface area contributed by atoms with Gasteiger partial charge in [-0.3, -0.25) is 0 Å². The second-order valence-corrected chi connectivity index (χ2v) is 5.31. The summed E-state index contributed by atoms with van der Waals surface area (Å²) in [6.45, 7) is 1.23. The van der Waals surface area contributed by atoms with Crippen LogP contribution in [0, 0.1) is 0 Å². The van der Waals surface area contributed by atoms with E-state index >= 15 is 0 Å². The minimum absolute atomic E-state index is 0.294. The van der Waals surface area contributed by atoms with Crippen molar-refractivity contribution in [3.63, 3.8) is 0 Å². The minimum Gasteiger partial charge on any atom is -0.492 e. The quantitative estimate of drug-likeness (QED) is 0.866. The Kier molecular flexibility index (Phi) is 2.93. The first kappa shape index (κ1) is 11.8. The summed E-state index contributed by atoms with van der Waals surface area (Å²) in [6.07, 6.45) is 3.31. The molecule has 0 unspecified atom stereocenters. The number of fused-ring (bicyclic) bond motifs is 2. The molecule has 0 bridgehead atoms. The van der Waals surface area contributed by atoms with Gasteiger partial charge in [0.05, 0.1) is 17.7 Å². The summed E-state index contributed by atoms with van der Waals surface area (Å²) in [5, 5.41) is 9.44. The fourth-order valence-electron chi connectivity index (χ4n) is 2.61. The van der Waals surface area contributed by atoms with Crippen molar-refractivity contribution < 1.29 is 19.4 Å². The van der Waals surface area contributed by atoms with Gasteiger partial charge in [-0.05, 0) is 41.6 Å². The molecule has 1 aromatic carbocycles. The molecule has 18 heavy (non-hydrogen) atoms. The largest absolute Gasteiger partial charge is 0.492 e. The minimum atomic E-state index is -0.928. The number of hydrogen-bond donors (Lipinski definition) is 1. The molecule has 1 N–H and O–H groups in total. The Morgan fingerprint density at radius 1 is 1.06 bits per heavy atom. The maximum absolute atomic E-state index is 11.5. The van der Waals surface area contributed by atoms with Gasteiger partial charge in [0.25, 0.3) is 0 Å². The van der Waals surface area contributed by atoms with Gasteiger partial charge >= 0.3 is 5.97 Å². The molecule has 3 rings (SSSR count). The lowest BCUT2D eigenvalue weighted by Gasteiger charge is -2.27. The van der Waals surface area contributed by atoms with E-state index in [1.54, 1.807) is 0 Å². The van der Waals surface area contributed by atoms with E-state index in [1.165, 1.54) is 0 Å². The average Bonchev–Trinajstić information content (AvgIpc) is 2.39. The molecule has 2 heterocycles. The van der Waals surface area contributed by atoms with E-state index in [0.717, 1.165) is 41.3 Å². The molecule has 0 atom stereocenters. The van der Waals surface area contributed by atoms with Crippen molar-refractivity contribution in [1.29, 1.82) is 0 Å². The summed E-state index contributed by atoms with van der Waals surface area (Å²) >= 11 is 3.54. The summed E-state index contributed by atoms with van der Waals surface area (Å²) in [7, 11) is 0. The third-order valence-electron chi connectivity index (χ3n) is 3.39. The molecule has 2 aliphatic heterocycles. The van der Waals surface area contributed by atoms with Crippen LogP contribution in [0.4, 0.5) is 0 Å². The van der Waals surface area contributed by atoms with Crippen LogP contribution in [0.25, 0.3) is 0 Å². The van der Waals surface area contributed by atoms with Gasteiger partial charge in [0.2, 0.25) is 0 Å². The van der Waals surface area contributed by atoms with E-state index < -0.39 is 5.97 Å². The van der Waals surface area contributed by atoms with E-state index in [1.807, 2.05) is 0 Å². The van der Waals surface area contributed by atoms with E-state index in [4.69, 9.17) is 9.47 Å². The topological polar surface area (TPSA) is 55.8 Å². The number of halogens is 1. The van der Waals surface area contributed by atoms with E-state index in [2.05, 4.69) is 15.9 Å². The van der Waals surface area contributed by atoms with Gasteiger partial charge < -0.3 is 14.6 Å². The second-order valence-electron chi connectivity index (χ2n) is 4.51. The average molecular weight is 313 g/mol. The number of hydrogen-bond acceptors (Lipinski definition) is 3. The van der Waals surface area contributed by atoms with Gasteiger partial charge in [0, 0.05) is 11.1 Å². The number of carboxylic acid groups (broad SMARTS) is 1. The summed E-state index contributed by atoms with van der Waals surface area (Å²) in [5.74, 6) is 0.301. The van der Waals surface area contributed by atoms with Gasteiger partial charge in [-0.1, -0.05) is 0 Å². The number of carbonyl (C=O) groups is 1. The highest BCUT2D eigenvalue weighted by Crippen LogP contribution is 2.46. The number of aromatic carboxylic acids is 1. The molecular formula is C13H13BrO4. The van der Waals surface area contributed by atoms with Crippen molar-refractivity contribution >= 4 is 21.9 Å². The zero-order chi connectivity index (χ0) is 12.7. The van der Waals surface area contributed by atoms with Crippen LogP contribution in [-0.4, -0.2) is 24.3 Å². The Bertz CT molecular complexity index is 487. The van der Waals surface area contributed by atoms with Gasteiger partial charge in [-0.2, -0.15) is 0 Å². The maximum atomic E-state index is 11.5. The Balaban J connectivity index is 2.31. The third-order valence-corrected chi connectivity index (χ3v) is 4.23. The molecular weight excluding hydrogens is 300 g/mol. The predicted molar refractivity (Wildman–Crippen MR) is 68.7 cm³/mol. The number of ether oxygens (including phenoxy) is 2. The first-order chi connectivity index (χ1) is 8.70. The van der Waals surface area contributed by atoms with E-state index in [9.17, 15) is 9.90 Å². The van der Waals surface area contributed by atoms with Crippen molar-refractivity contribution in [1.82, 2.24) is 0 Å². The molecule has 0 aliphatic carbocycles. The zero-order valence-corrected chi connectivity index (χ0v) is 11.4. The number of rotatable bonds is 1. The lowest BCUT2D eigenvalue weighted by Crippen LogP contribution is -2.20. The highest BCUT2D eigenvalue weighted by molar-refractivity contribution is 9.10. The predicted octanol–water partition coefficient (Wildman–Crippen LogP) is 2.80. The van der Waals surface area contributed by atoms with Crippen molar-refractivity contribution in [3.05, 3.63) is 21.2 Å². The number of benzene rings is 1. The standard InChI is InChI=1S/C13H13BrO4/c14-10-8-4-2-5-17-11(8)9(13(15)16)7-3-1-6-18-12(7)10/h1-6H2,(H,15,16). The van der Waals surface area contributed by atoms with Crippen molar-refractivity contribution in [2.45, 2.75) is 25.7 Å². The molecule has 0 amide bonds. The molecule has 0 fully saturated rings. The lowest BCUT2D eigenvalue weighted by atomic mass is 9.93. The van der Waals surface area contributed by atoms with E-state index in [0.29, 0.717) is 30.3 Å². The lowest BCUT2D eigenvalue weighted by molar-refractivity contribution is 0.0688. The molecule has 0 radical (unpaired) electrons. The normalized spacial score (nSPS) is 17.2. The van der Waals surface area contributed by atoms with Crippen LogP contribution in [0.3, 0.4) is 0 Å². The van der Waals surface area contributed by atoms with Crippen LogP contribution in [0.5, 0.6) is 11.5 Å². The second kappa shape index (κ2) is 4.46. The fraction of sp³-hybridized carbons (Fsp3) is 0.462. The Labute approximate surface area is 113 Å². The first-order valence-corrected chi connectivity index (χ1v) is 6.85. The van der Waals surface area contributed by atoms with Gasteiger partial charge in [0.1, 0.15) is 17.1 Å². The first-order valence-electron chi connectivity index (χ1n) is 6.06. The summed E-state index contributed by atoms with van der Waals surface area (Å²) < 4.78 is 12.1. The van der Waals surface area contributed by atoms with E-state index in [-0.39, 0.29) is 0 Å². The molecule has 0 aromatic heterocycles. The molecule has 4 nitrogen and oxygen atoms in total. The van der Waals surface area contributed by atoms with Crippen LogP contribution < -0.4 is 9.47 Å². The van der Waals surface area contributed by atoms with Crippen LogP contribution in [0.15, 0.2) is 4.47 Å². The maximum Gasteiger partial charge on any atom is 0.339 e. The molecule has 5 heteroatoms. The Hall–Kier alpha value is -1.23. The molecule has 96 valence electrons. The van der Waals surface area contributed by atoms with Gasteiger partial charge in [-0.25, -0.2) is 4.79 Å². The summed E-state index contributed by atoms with van der Waals surface area (Å²) in [5.41, 5.74) is 1.99. The van der Waals surface area contributed by atoms with Crippen molar-refractivity contribution in [2.24, 2.45) is 0 Å². The monoisotopic (exact) mass is 312 g/mol. The smallest absolute Gasteiger partial charge is 0.339 e. The Morgan fingerprint density at radius 2 is 1.67 bits per heavy atom. The van der Waals surface area contributed by atoms with Crippen LogP contribution >= 0.6 is 15.9 Å². The zero-order valence-electron chi connectivity index (χ0n) is 9.79. The third kappa shape index (κ3) is 1.68. The highest BCUT2D eigenvalue weighted by Gasteiger charge is 2.31. The SMILES string of the molecule is O=C(O)c1c2c(c(Br)c3c1OCCC3)OCCC2. The van der Waals surface area contributed by atoms with Gasteiger partial charge in [0.15, 0.2) is 0 Å². The molecule has 0 saturated carbocycles. The Morgan fingerprint density at radius 3 is 2.33 bits per heavy atom. The molecule has 1 aromatic rings. The van der Waals surface area contributed by atoms with Gasteiger partial charge in [-0.15, -0.1) is 0 Å². The van der Waals surface area contributed by atoms with Crippen molar-refractivity contribution in [2.75, 3.05) is 13.2 Å². The fourth-order valence-corrected chi connectivity index (χ4v) is 3.35. The summed E-state index contributed by atoms with van der Waals surface area (Å²) in [6, 6.07) is 0. The molecule has 0 saturated heterocycles. The highest BCUT2D eigenvalue weighted by atomic mass is 79.9. The van der Waals surface area contributed by atoms with Crippen LogP contribution in [0.2, 0.25) is 0 Å². The van der Waals surface area contributed by atoms with Crippen molar-refractivity contribution in [3.8, 4) is 11.5 Å². The van der Waals surface area contributed by atoms with Crippen LogP contribution in [-0.2, 0) is 12.8 Å². The number of carboxylic acids is 1. The van der Waals surface area contributed by atoms with Crippen LogP contribution in [0.1, 0.15) is 34.3 Å². The molecule has 2 aliphatic rings. The molecule has 0 spiro atoms.